The molecular formula is C37H37N3O+2. The Morgan fingerprint density at radius 3 is 2.68 bits per heavy atom. The molecule has 0 spiro atoms. The topological polar surface area (TPSA) is 33.8 Å². The second-order valence-electron chi connectivity index (χ2n) is 13.1. The number of rotatable bonds is 0. The van der Waals surface area contributed by atoms with Gasteiger partial charge < -0.3 is 4.42 Å². The van der Waals surface area contributed by atoms with E-state index in [1.165, 1.54) is 57.6 Å². The molecule has 2 unspecified atom stereocenters. The van der Waals surface area contributed by atoms with Gasteiger partial charge in [-0.05, 0) is 66.5 Å². The van der Waals surface area contributed by atoms with Crippen molar-refractivity contribution in [2.75, 3.05) is 0 Å². The first-order valence-electron chi connectivity index (χ1n) is 15.2. The Labute approximate surface area is 242 Å². The van der Waals surface area contributed by atoms with Crippen molar-refractivity contribution in [2.45, 2.75) is 76.7 Å². The molecule has 0 fully saturated rings. The molecule has 4 nitrogen and oxygen atoms in total. The van der Waals surface area contributed by atoms with Crippen LogP contribution in [0.5, 0.6) is 0 Å². The normalized spacial score (nSPS) is 20.2. The standard InChI is InChI=1S/C37H37N3O/c1-37(2,3)25-17-18-31-34-24(22-38-35-29-13-6-7-16-33(29)41-36(34)35)21-32-28(14-10-19-39(31)23-25)26-11-4-5-12-27(26)30-15-8-9-20-40(30)32/h4-5,8-12,15,17-20,22-23,28,32H,6-7,13-14,16,21H2,1-3H3/q+2/b19-10+. The largest absolute Gasteiger partial charge is 0.458 e. The van der Waals surface area contributed by atoms with Gasteiger partial charge in [0.15, 0.2) is 30.2 Å². The monoisotopic (exact) mass is 539 g/mol. The number of fused-ring (bicyclic) bond motifs is 13. The number of hydrogen-bond acceptors (Lipinski definition) is 2. The van der Waals surface area contributed by atoms with Crippen LogP contribution in [0.3, 0.4) is 0 Å². The molecule has 0 N–H and O–H groups in total. The summed E-state index contributed by atoms with van der Waals surface area (Å²) in [6.07, 6.45) is 17.8. The molecule has 3 aliphatic rings. The first kappa shape index (κ1) is 24.7. The number of pyridine rings is 3. The lowest BCUT2D eigenvalue weighted by Crippen LogP contribution is -2.48. The van der Waals surface area contributed by atoms with Gasteiger partial charge in [0.2, 0.25) is 11.4 Å². The predicted octanol–water partition coefficient (Wildman–Crippen LogP) is 7.67. The van der Waals surface area contributed by atoms with Crippen molar-refractivity contribution >= 4 is 17.3 Å². The van der Waals surface area contributed by atoms with Crippen LogP contribution in [0.25, 0.3) is 39.8 Å². The average molecular weight is 540 g/mol. The smallest absolute Gasteiger partial charge is 0.222 e. The molecule has 0 amide bonds. The summed E-state index contributed by atoms with van der Waals surface area (Å²) in [6, 6.07) is 20.5. The van der Waals surface area contributed by atoms with Crippen molar-refractivity contribution in [3.63, 3.8) is 0 Å². The third-order valence-electron chi connectivity index (χ3n) is 9.57. The molecule has 8 rings (SSSR count). The SMILES string of the molecule is CC(C)(C)c1ccc2[n+](c1)/C=C/CC1c3ccccc3-c3cccc[n+]3C1Cc1cnc3c4c(oc3c1-2)CCCC4. The molecule has 1 aliphatic carbocycles. The van der Waals surface area contributed by atoms with Crippen molar-refractivity contribution in [2.24, 2.45) is 0 Å². The summed E-state index contributed by atoms with van der Waals surface area (Å²) in [5, 5.41) is 0. The van der Waals surface area contributed by atoms with E-state index < -0.39 is 0 Å². The van der Waals surface area contributed by atoms with Gasteiger partial charge in [-0.2, -0.15) is 9.13 Å². The van der Waals surface area contributed by atoms with Crippen LogP contribution in [0, 0.1) is 0 Å². The maximum Gasteiger partial charge on any atom is 0.222 e. The van der Waals surface area contributed by atoms with Gasteiger partial charge in [-0.3, -0.25) is 4.98 Å². The first-order chi connectivity index (χ1) is 20.0. The number of hydrogen-bond donors (Lipinski definition) is 0. The van der Waals surface area contributed by atoms with Gasteiger partial charge in [-0.15, -0.1) is 0 Å². The summed E-state index contributed by atoms with van der Waals surface area (Å²) in [7, 11) is 0. The van der Waals surface area contributed by atoms with Gasteiger partial charge in [0.25, 0.3) is 0 Å². The quantitative estimate of drug-likeness (QED) is 0.189. The van der Waals surface area contributed by atoms with E-state index >= 15 is 0 Å². The van der Waals surface area contributed by atoms with Crippen LogP contribution in [-0.4, -0.2) is 4.98 Å². The second-order valence-corrected chi connectivity index (χ2v) is 13.1. The highest BCUT2D eigenvalue weighted by atomic mass is 16.3. The van der Waals surface area contributed by atoms with Crippen molar-refractivity contribution in [1.82, 2.24) is 4.98 Å². The number of aromatic nitrogens is 3. The lowest BCUT2D eigenvalue weighted by Gasteiger charge is -2.30. The maximum absolute atomic E-state index is 6.77. The molecule has 6 heterocycles. The van der Waals surface area contributed by atoms with Crippen LogP contribution in [0.4, 0.5) is 0 Å². The van der Waals surface area contributed by atoms with E-state index in [1.54, 1.807) is 0 Å². The van der Waals surface area contributed by atoms with E-state index in [-0.39, 0.29) is 11.5 Å². The van der Waals surface area contributed by atoms with Crippen molar-refractivity contribution < 1.29 is 13.6 Å². The molecule has 41 heavy (non-hydrogen) atoms. The van der Waals surface area contributed by atoms with Gasteiger partial charge in [0.1, 0.15) is 11.3 Å². The highest BCUT2D eigenvalue weighted by Gasteiger charge is 2.41. The van der Waals surface area contributed by atoms with E-state index in [0.717, 1.165) is 42.5 Å². The minimum atomic E-state index is 0.0547. The van der Waals surface area contributed by atoms with E-state index in [9.17, 15) is 0 Å². The molecule has 0 bridgehead atoms. The molecule has 5 aromatic rings. The Morgan fingerprint density at radius 1 is 0.927 bits per heavy atom. The summed E-state index contributed by atoms with van der Waals surface area (Å²) >= 11 is 0. The molecule has 0 radical (unpaired) electrons. The van der Waals surface area contributed by atoms with Gasteiger partial charge in [0, 0.05) is 53.9 Å². The fourth-order valence-electron chi connectivity index (χ4n) is 7.44. The van der Waals surface area contributed by atoms with E-state index in [0.29, 0.717) is 5.92 Å². The second kappa shape index (κ2) is 9.24. The molecule has 204 valence electrons. The van der Waals surface area contributed by atoms with E-state index in [1.807, 2.05) is 0 Å². The van der Waals surface area contributed by atoms with Gasteiger partial charge in [-0.25, -0.2) is 0 Å². The predicted molar refractivity (Wildman–Crippen MR) is 162 cm³/mol. The molecule has 1 aromatic carbocycles. The minimum Gasteiger partial charge on any atom is -0.458 e. The molecule has 2 aliphatic heterocycles. The summed E-state index contributed by atoms with van der Waals surface area (Å²) in [4.78, 5) is 5.13. The molecule has 2 atom stereocenters. The first-order valence-corrected chi connectivity index (χ1v) is 15.2. The Morgan fingerprint density at radius 2 is 1.78 bits per heavy atom. The van der Waals surface area contributed by atoms with Crippen LogP contribution in [0.15, 0.2) is 83.7 Å². The number of aryl methyl sites for hydroxylation is 2. The van der Waals surface area contributed by atoms with Gasteiger partial charge in [0.05, 0.1) is 11.5 Å². The molecule has 0 saturated carbocycles. The highest BCUT2D eigenvalue weighted by molar-refractivity contribution is 5.92. The van der Waals surface area contributed by atoms with E-state index in [2.05, 4.69) is 115 Å². The third kappa shape index (κ3) is 3.91. The fourth-order valence-corrected chi connectivity index (χ4v) is 7.44. The zero-order chi connectivity index (χ0) is 27.7. The Kier molecular flexibility index (Phi) is 5.57. The Balaban J connectivity index is 1.41. The van der Waals surface area contributed by atoms with Crippen molar-refractivity contribution in [1.29, 1.82) is 0 Å². The van der Waals surface area contributed by atoms with Crippen LogP contribution in [0.2, 0.25) is 0 Å². The van der Waals surface area contributed by atoms with Crippen LogP contribution in [-0.2, 0) is 24.7 Å². The number of furan rings is 1. The summed E-state index contributed by atoms with van der Waals surface area (Å²) in [5.74, 6) is 1.49. The number of allylic oxidation sites excluding steroid dienone is 1. The summed E-state index contributed by atoms with van der Waals surface area (Å²) in [6.45, 7) is 6.86. The zero-order valence-electron chi connectivity index (χ0n) is 24.2. The molecule has 0 saturated heterocycles. The maximum atomic E-state index is 6.77. The third-order valence-corrected chi connectivity index (χ3v) is 9.57. The number of nitrogens with zero attached hydrogens (tertiary/aromatic N) is 3. The summed E-state index contributed by atoms with van der Waals surface area (Å²) in [5.41, 5.74) is 12.4. The fraction of sp³-hybridized carbons (Fsp3) is 0.324. The molecule has 4 heteroatoms. The lowest BCUT2D eigenvalue weighted by atomic mass is 9.78. The zero-order valence-corrected chi connectivity index (χ0v) is 24.2. The van der Waals surface area contributed by atoms with Crippen LogP contribution >= 0.6 is 0 Å². The van der Waals surface area contributed by atoms with Crippen molar-refractivity contribution in [3.8, 4) is 22.5 Å². The van der Waals surface area contributed by atoms with Crippen molar-refractivity contribution in [3.05, 3.63) is 107 Å². The minimum absolute atomic E-state index is 0.0547. The Hall–Kier alpha value is -4.05. The van der Waals surface area contributed by atoms with Crippen LogP contribution in [0.1, 0.15) is 80.0 Å². The summed E-state index contributed by atoms with van der Waals surface area (Å²) < 4.78 is 11.6. The van der Waals surface area contributed by atoms with Crippen LogP contribution < -0.4 is 9.13 Å². The average Bonchev–Trinajstić information content (AvgIpc) is 3.37. The highest BCUT2D eigenvalue weighted by Crippen LogP contribution is 2.44. The van der Waals surface area contributed by atoms with Gasteiger partial charge >= 0.3 is 0 Å². The number of benzene rings is 1. The van der Waals surface area contributed by atoms with E-state index in [4.69, 9.17) is 9.40 Å². The van der Waals surface area contributed by atoms with Gasteiger partial charge in [-0.1, -0.05) is 39.0 Å². The Bertz CT molecular complexity index is 1850. The molecular weight excluding hydrogens is 502 g/mol. The molecule has 4 aromatic heterocycles. The lowest BCUT2D eigenvalue weighted by molar-refractivity contribution is -0.718.